The molecule has 78 valence electrons. The number of ether oxygens (including phenoxy) is 2. The molecule has 0 bridgehead atoms. The average molecular weight is 186 g/mol. The second-order valence-corrected chi connectivity index (χ2v) is 4.26. The summed E-state index contributed by atoms with van der Waals surface area (Å²) in [5.41, 5.74) is 0. The lowest BCUT2D eigenvalue weighted by molar-refractivity contribution is -0.153. The molecule has 1 saturated heterocycles. The minimum atomic E-state index is 0.0295. The highest BCUT2D eigenvalue weighted by Gasteiger charge is 2.21. The Labute approximate surface area is 81.6 Å². The molecule has 1 aliphatic heterocycles. The highest BCUT2D eigenvalue weighted by atomic mass is 16.7. The number of hydrogen-bond acceptors (Lipinski definition) is 2. The van der Waals surface area contributed by atoms with E-state index in [-0.39, 0.29) is 6.29 Å². The second-order valence-electron chi connectivity index (χ2n) is 4.26. The van der Waals surface area contributed by atoms with Crippen LogP contribution in [-0.4, -0.2) is 19.5 Å². The van der Waals surface area contributed by atoms with Crippen LogP contribution in [0.2, 0.25) is 0 Å². The van der Waals surface area contributed by atoms with Gasteiger partial charge in [-0.1, -0.05) is 27.2 Å². The fraction of sp³-hybridized carbons (Fsp3) is 1.00. The van der Waals surface area contributed by atoms with Crippen LogP contribution in [0.1, 0.15) is 40.0 Å². The molecular formula is C11H22O2. The van der Waals surface area contributed by atoms with Crippen LogP contribution in [0.15, 0.2) is 0 Å². The van der Waals surface area contributed by atoms with E-state index in [0.29, 0.717) is 11.8 Å². The van der Waals surface area contributed by atoms with Crippen molar-refractivity contribution in [1.29, 1.82) is 0 Å². The van der Waals surface area contributed by atoms with Crippen molar-refractivity contribution in [1.82, 2.24) is 0 Å². The first-order chi connectivity index (χ1) is 6.24. The normalized spacial score (nSPS) is 30.5. The van der Waals surface area contributed by atoms with E-state index < -0.39 is 0 Å². The maximum atomic E-state index is 5.71. The fourth-order valence-corrected chi connectivity index (χ4v) is 1.73. The van der Waals surface area contributed by atoms with Gasteiger partial charge in [-0.2, -0.15) is 0 Å². The molecule has 2 heteroatoms. The Hall–Kier alpha value is -0.0800. The average Bonchev–Trinajstić information content (AvgIpc) is 2.30. The molecule has 1 heterocycles. The van der Waals surface area contributed by atoms with Crippen molar-refractivity contribution in [2.75, 3.05) is 13.2 Å². The predicted molar refractivity (Wildman–Crippen MR) is 53.5 cm³/mol. The van der Waals surface area contributed by atoms with Gasteiger partial charge in [-0.3, -0.25) is 0 Å². The highest BCUT2D eigenvalue weighted by Crippen LogP contribution is 2.20. The van der Waals surface area contributed by atoms with E-state index in [1.165, 1.54) is 12.8 Å². The van der Waals surface area contributed by atoms with E-state index in [0.717, 1.165) is 19.6 Å². The van der Waals surface area contributed by atoms with Gasteiger partial charge in [-0.25, -0.2) is 0 Å². The topological polar surface area (TPSA) is 18.5 Å². The SMILES string of the molecule is CCCC1CCOC(C(C)C)OC1. The standard InChI is InChI=1S/C11H22O2/c1-4-5-10-6-7-12-11(9(2)3)13-8-10/h9-11H,4-8H2,1-3H3. The zero-order valence-corrected chi connectivity index (χ0v) is 9.08. The Balaban J connectivity index is 2.30. The van der Waals surface area contributed by atoms with Gasteiger partial charge < -0.3 is 9.47 Å². The molecule has 2 atom stereocenters. The van der Waals surface area contributed by atoms with E-state index in [4.69, 9.17) is 9.47 Å². The third-order valence-electron chi connectivity index (χ3n) is 2.55. The van der Waals surface area contributed by atoms with E-state index >= 15 is 0 Å². The minimum absolute atomic E-state index is 0.0295. The van der Waals surface area contributed by atoms with Gasteiger partial charge >= 0.3 is 0 Å². The van der Waals surface area contributed by atoms with Crippen molar-refractivity contribution in [3.63, 3.8) is 0 Å². The summed E-state index contributed by atoms with van der Waals surface area (Å²) in [5, 5.41) is 0. The van der Waals surface area contributed by atoms with Gasteiger partial charge in [0.2, 0.25) is 0 Å². The van der Waals surface area contributed by atoms with E-state index in [2.05, 4.69) is 20.8 Å². The molecular weight excluding hydrogens is 164 g/mol. The molecule has 1 fully saturated rings. The molecule has 1 rings (SSSR count). The molecule has 0 radical (unpaired) electrons. The van der Waals surface area contributed by atoms with Crippen LogP contribution in [0.25, 0.3) is 0 Å². The van der Waals surface area contributed by atoms with Crippen LogP contribution in [-0.2, 0) is 9.47 Å². The first kappa shape index (κ1) is 11.0. The molecule has 0 amide bonds. The Morgan fingerprint density at radius 2 is 2.08 bits per heavy atom. The summed E-state index contributed by atoms with van der Waals surface area (Å²) in [4.78, 5) is 0. The van der Waals surface area contributed by atoms with Gasteiger partial charge in [0, 0.05) is 5.92 Å². The molecule has 2 unspecified atom stereocenters. The van der Waals surface area contributed by atoms with Crippen LogP contribution in [0.5, 0.6) is 0 Å². The quantitative estimate of drug-likeness (QED) is 0.674. The smallest absolute Gasteiger partial charge is 0.159 e. The maximum absolute atomic E-state index is 5.71. The Morgan fingerprint density at radius 1 is 1.31 bits per heavy atom. The van der Waals surface area contributed by atoms with Gasteiger partial charge in [0.05, 0.1) is 13.2 Å². The lowest BCUT2D eigenvalue weighted by Gasteiger charge is -2.19. The lowest BCUT2D eigenvalue weighted by atomic mass is 10.0. The van der Waals surface area contributed by atoms with Crippen molar-refractivity contribution in [2.24, 2.45) is 11.8 Å². The second kappa shape index (κ2) is 5.61. The molecule has 0 saturated carbocycles. The molecule has 1 aliphatic rings. The van der Waals surface area contributed by atoms with Crippen LogP contribution in [0.4, 0.5) is 0 Å². The largest absolute Gasteiger partial charge is 0.352 e. The predicted octanol–water partition coefficient (Wildman–Crippen LogP) is 2.82. The third kappa shape index (κ3) is 3.65. The van der Waals surface area contributed by atoms with Gasteiger partial charge in [-0.05, 0) is 18.8 Å². The summed E-state index contributed by atoms with van der Waals surface area (Å²) in [6.07, 6.45) is 3.72. The van der Waals surface area contributed by atoms with E-state index in [1.807, 2.05) is 0 Å². The molecule has 13 heavy (non-hydrogen) atoms. The van der Waals surface area contributed by atoms with Crippen LogP contribution < -0.4 is 0 Å². The Bertz CT molecular complexity index is 134. The first-order valence-electron chi connectivity index (χ1n) is 5.47. The van der Waals surface area contributed by atoms with E-state index in [1.54, 1.807) is 0 Å². The zero-order chi connectivity index (χ0) is 9.68. The monoisotopic (exact) mass is 186 g/mol. The van der Waals surface area contributed by atoms with Crippen LogP contribution in [0.3, 0.4) is 0 Å². The highest BCUT2D eigenvalue weighted by molar-refractivity contribution is 4.63. The van der Waals surface area contributed by atoms with Crippen molar-refractivity contribution in [3.8, 4) is 0 Å². The summed E-state index contributed by atoms with van der Waals surface area (Å²) in [6, 6.07) is 0. The van der Waals surface area contributed by atoms with Crippen LogP contribution >= 0.6 is 0 Å². The van der Waals surface area contributed by atoms with Crippen molar-refractivity contribution >= 4 is 0 Å². The van der Waals surface area contributed by atoms with Crippen molar-refractivity contribution in [3.05, 3.63) is 0 Å². The molecule has 0 aliphatic carbocycles. The van der Waals surface area contributed by atoms with Crippen molar-refractivity contribution in [2.45, 2.75) is 46.3 Å². The summed E-state index contributed by atoms with van der Waals surface area (Å²) in [6.45, 7) is 8.27. The van der Waals surface area contributed by atoms with Gasteiger partial charge in [0.25, 0.3) is 0 Å². The van der Waals surface area contributed by atoms with E-state index in [9.17, 15) is 0 Å². The van der Waals surface area contributed by atoms with Crippen molar-refractivity contribution < 1.29 is 9.47 Å². The number of rotatable bonds is 3. The van der Waals surface area contributed by atoms with Gasteiger partial charge in [0.15, 0.2) is 6.29 Å². The molecule has 0 N–H and O–H groups in total. The van der Waals surface area contributed by atoms with Crippen LogP contribution in [0, 0.1) is 11.8 Å². The molecule has 0 aromatic rings. The fourth-order valence-electron chi connectivity index (χ4n) is 1.73. The van der Waals surface area contributed by atoms with Gasteiger partial charge in [-0.15, -0.1) is 0 Å². The molecule has 0 aromatic carbocycles. The lowest BCUT2D eigenvalue weighted by Crippen LogP contribution is -2.22. The summed E-state index contributed by atoms with van der Waals surface area (Å²) >= 11 is 0. The minimum Gasteiger partial charge on any atom is -0.352 e. The molecule has 2 nitrogen and oxygen atoms in total. The zero-order valence-electron chi connectivity index (χ0n) is 9.08. The first-order valence-corrected chi connectivity index (χ1v) is 5.47. The maximum Gasteiger partial charge on any atom is 0.159 e. The summed E-state index contributed by atoms with van der Waals surface area (Å²) in [5.74, 6) is 1.19. The van der Waals surface area contributed by atoms with Gasteiger partial charge in [0.1, 0.15) is 0 Å². The molecule has 0 spiro atoms. The Kier molecular flexibility index (Phi) is 4.74. The third-order valence-corrected chi connectivity index (χ3v) is 2.55. The summed E-state index contributed by atoms with van der Waals surface area (Å²) in [7, 11) is 0. The summed E-state index contributed by atoms with van der Waals surface area (Å²) < 4.78 is 11.3. The number of hydrogen-bond donors (Lipinski definition) is 0. The molecule has 0 aromatic heterocycles. The Morgan fingerprint density at radius 3 is 2.69 bits per heavy atom.